The van der Waals surface area contributed by atoms with Gasteiger partial charge in [0.25, 0.3) is 0 Å². The zero-order valence-corrected chi connectivity index (χ0v) is 16.6. The van der Waals surface area contributed by atoms with Gasteiger partial charge in [0.2, 0.25) is 0 Å². The summed E-state index contributed by atoms with van der Waals surface area (Å²) in [6.45, 7) is 5.47. The molecule has 4 heterocycles. The van der Waals surface area contributed by atoms with Crippen LogP contribution in [0.25, 0.3) is 22.3 Å². The maximum Gasteiger partial charge on any atom is 0.126 e. The lowest BCUT2D eigenvalue weighted by molar-refractivity contribution is 0.0743. The van der Waals surface area contributed by atoms with Crippen molar-refractivity contribution in [2.45, 2.75) is 51.1 Å². The van der Waals surface area contributed by atoms with Gasteiger partial charge in [-0.25, -0.2) is 9.97 Å². The van der Waals surface area contributed by atoms with Crippen LogP contribution in [0.3, 0.4) is 0 Å². The summed E-state index contributed by atoms with van der Waals surface area (Å²) < 4.78 is 0. The Hall–Kier alpha value is -2.24. The molecule has 146 valence electrons. The molecule has 28 heavy (non-hydrogen) atoms. The third-order valence-corrected chi connectivity index (χ3v) is 6.34. The summed E-state index contributed by atoms with van der Waals surface area (Å²) >= 11 is 0. The summed E-state index contributed by atoms with van der Waals surface area (Å²) in [6.07, 6.45) is 6.25. The second-order valence-corrected chi connectivity index (χ2v) is 8.20. The molecule has 0 bridgehead atoms. The molecule has 2 aliphatic heterocycles. The van der Waals surface area contributed by atoms with Crippen LogP contribution in [-0.4, -0.2) is 45.5 Å². The summed E-state index contributed by atoms with van der Waals surface area (Å²) in [4.78, 5) is 16.1. The van der Waals surface area contributed by atoms with Crippen LogP contribution in [0, 0.1) is 6.92 Å². The van der Waals surface area contributed by atoms with Crippen molar-refractivity contribution in [3.63, 3.8) is 0 Å². The van der Waals surface area contributed by atoms with Crippen molar-refractivity contribution in [3.05, 3.63) is 47.9 Å². The molecule has 0 saturated carbocycles. The van der Waals surface area contributed by atoms with Gasteiger partial charge >= 0.3 is 0 Å². The monoisotopic (exact) mass is 375 g/mol. The molecule has 0 spiro atoms. The van der Waals surface area contributed by atoms with Gasteiger partial charge in [0, 0.05) is 11.7 Å². The molecule has 3 aromatic rings. The number of piperidine rings is 2. The van der Waals surface area contributed by atoms with E-state index >= 15 is 0 Å². The highest BCUT2D eigenvalue weighted by atomic mass is 15.2. The quantitative estimate of drug-likeness (QED) is 0.720. The standard InChI is InChI=1S/C23H29N5/c1-16-25-20-15-19(17-7-3-2-4-8-17)27-22(20)23(26-16)21-9-5-6-14-28(21)18-10-12-24-13-11-18/h2-4,7-8,15,18,21,24,27H,5-6,9-14H2,1H3. The van der Waals surface area contributed by atoms with Crippen LogP contribution in [0.2, 0.25) is 0 Å². The average Bonchev–Trinajstić information content (AvgIpc) is 3.18. The van der Waals surface area contributed by atoms with Crippen LogP contribution in [0.5, 0.6) is 0 Å². The minimum atomic E-state index is 0.392. The first kappa shape index (κ1) is 17.8. The maximum atomic E-state index is 4.98. The molecule has 2 fully saturated rings. The number of rotatable bonds is 3. The van der Waals surface area contributed by atoms with E-state index in [0.29, 0.717) is 12.1 Å². The molecule has 2 N–H and O–H groups in total. The lowest BCUT2D eigenvalue weighted by Crippen LogP contribution is -2.47. The predicted octanol–water partition coefficient (Wildman–Crippen LogP) is 4.21. The Bertz CT molecular complexity index is 942. The normalized spacial score (nSPS) is 22.0. The van der Waals surface area contributed by atoms with E-state index < -0.39 is 0 Å². The van der Waals surface area contributed by atoms with Crippen LogP contribution < -0.4 is 5.32 Å². The Morgan fingerprint density at radius 1 is 1.00 bits per heavy atom. The Labute approximate surface area is 166 Å². The average molecular weight is 376 g/mol. The number of aromatic nitrogens is 3. The van der Waals surface area contributed by atoms with Crippen LogP contribution >= 0.6 is 0 Å². The molecule has 0 radical (unpaired) electrons. The summed E-state index contributed by atoms with van der Waals surface area (Å²) in [7, 11) is 0. The second kappa shape index (κ2) is 7.64. The minimum Gasteiger partial charge on any atom is -0.352 e. The number of aromatic amines is 1. The van der Waals surface area contributed by atoms with Crippen LogP contribution in [0.15, 0.2) is 36.4 Å². The summed E-state index contributed by atoms with van der Waals surface area (Å²) in [5, 5.41) is 3.51. The van der Waals surface area contributed by atoms with E-state index in [1.54, 1.807) is 0 Å². The molecule has 1 unspecified atom stereocenters. The lowest BCUT2D eigenvalue weighted by atomic mass is 9.93. The summed E-state index contributed by atoms with van der Waals surface area (Å²) in [5.74, 6) is 0.872. The highest BCUT2D eigenvalue weighted by Gasteiger charge is 2.33. The number of likely N-dealkylation sites (tertiary alicyclic amines) is 1. The van der Waals surface area contributed by atoms with Crippen molar-refractivity contribution in [1.29, 1.82) is 0 Å². The Kier molecular flexibility index (Phi) is 4.87. The van der Waals surface area contributed by atoms with Crippen molar-refractivity contribution in [1.82, 2.24) is 25.2 Å². The SMILES string of the molecule is Cc1nc(C2CCCCN2C2CCNCC2)c2[nH]c(-c3ccccc3)cc2n1. The first-order valence-electron chi connectivity index (χ1n) is 10.7. The third-order valence-electron chi connectivity index (χ3n) is 6.34. The molecule has 5 heteroatoms. The van der Waals surface area contributed by atoms with Crippen molar-refractivity contribution < 1.29 is 0 Å². The molecule has 2 aromatic heterocycles. The van der Waals surface area contributed by atoms with E-state index in [-0.39, 0.29) is 0 Å². The highest BCUT2D eigenvalue weighted by molar-refractivity contribution is 5.84. The van der Waals surface area contributed by atoms with Gasteiger partial charge in [0.05, 0.1) is 22.8 Å². The van der Waals surface area contributed by atoms with E-state index in [4.69, 9.17) is 9.97 Å². The van der Waals surface area contributed by atoms with Gasteiger partial charge < -0.3 is 10.3 Å². The number of hydrogen-bond donors (Lipinski definition) is 2. The van der Waals surface area contributed by atoms with Crippen molar-refractivity contribution in [2.24, 2.45) is 0 Å². The Balaban J connectivity index is 1.57. The van der Waals surface area contributed by atoms with Crippen LogP contribution in [0.1, 0.15) is 49.7 Å². The number of hydrogen-bond acceptors (Lipinski definition) is 4. The molecule has 0 amide bonds. The van der Waals surface area contributed by atoms with Crippen molar-refractivity contribution in [2.75, 3.05) is 19.6 Å². The van der Waals surface area contributed by atoms with Gasteiger partial charge in [0.15, 0.2) is 0 Å². The number of nitrogens with zero attached hydrogens (tertiary/aromatic N) is 3. The Morgan fingerprint density at radius 3 is 2.64 bits per heavy atom. The smallest absolute Gasteiger partial charge is 0.126 e. The van der Waals surface area contributed by atoms with Gasteiger partial charge in [0.1, 0.15) is 5.82 Å². The minimum absolute atomic E-state index is 0.392. The fraction of sp³-hybridized carbons (Fsp3) is 0.478. The van der Waals surface area contributed by atoms with Crippen LogP contribution in [0.4, 0.5) is 0 Å². The first-order chi connectivity index (χ1) is 13.8. The third kappa shape index (κ3) is 3.33. The number of benzene rings is 1. The van der Waals surface area contributed by atoms with Crippen molar-refractivity contribution >= 4 is 11.0 Å². The van der Waals surface area contributed by atoms with Gasteiger partial charge in [-0.2, -0.15) is 0 Å². The zero-order valence-electron chi connectivity index (χ0n) is 16.6. The second-order valence-electron chi connectivity index (χ2n) is 8.20. The zero-order chi connectivity index (χ0) is 18.9. The fourth-order valence-corrected chi connectivity index (χ4v) is 4.99. The molecule has 1 aromatic carbocycles. The van der Waals surface area contributed by atoms with Crippen molar-refractivity contribution in [3.8, 4) is 11.3 Å². The molecule has 2 saturated heterocycles. The van der Waals surface area contributed by atoms with Gasteiger partial charge in [-0.3, -0.25) is 4.90 Å². The summed E-state index contributed by atoms with van der Waals surface area (Å²) in [6, 6.07) is 13.8. The molecular weight excluding hydrogens is 346 g/mol. The highest BCUT2D eigenvalue weighted by Crippen LogP contribution is 2.37. The van der Waals surface area contributed by atoms with E-state index in [9.17, 15) is 0 Å². The maximum absolute atomic E-state index is 4.98. The van der Waals surface area contributed by atoms with E-state index in [1.807, 2.05) is 6.92 Å². The van der Waals surface area contributed by atoms with Gasteiger partial charge in [-0.1, -0.05) is 36.8 Å². The van der Waals surface area contributed by atoms with E-state index in [1.165, 1.54) is 49.9 Å². The molecule has 5 nitrogen and oxygen atoms in total. The number of nitrogens with one attached hydrogen (secondary N) is 2. The fourth-order valence-electron chi connectivity index (χ4n) is 4.99. The molecule has 2 aliphatic rings. The van der Waals surface area contributed by atoms with E-state index in [0.717, 1.165) is 35.6 Å². The summed E-state index contributed by atoms with van der Waals surface area (Å²) in [5.41, 5.74) is 5.68. The molecule has 1 atom stereocenters. The predicted molar refractivity (Wildman–Crippen MR) is 113 cm³/mol. The number of H-pyrrole nitrogens is 1. The van der Waals surface area contributed by atoms with Gasteiger partial charge in [-0.15, -0.1) is 0 Å². The topological polar surface area (TPSA) is 56.8 Å². The number of fused-ring (bicyclic) bond motifs is 1. The lowest BCUT2D eigenvalue weighted by Gasteiger charge is -2.42. The Morgan fingerprint density at radius 2 is 1.82 bits per heavy atom. The van der Waals surface area contributed by atoms with Gasteiger partial charge in [-0.05, 0) is 63.9 Å². The molecular formula is C23H29N5. The first-order valence-corrected chi connectivity index (χ1v) is 10.7. The largest absolute Gasteiger partial charge is 0.352 e. The number of aryl methyl sites for hydroxylation is 1. The van der Waals surface area contributed by atoms with E-state index in [2.05, 4.69) is 51.6 Å². The van der Waals surface area contributed by atoms with Crippen LogP contribution in [-0.2, 0) is 0 Å². The molecule has 5 rings (SSSR count). The molecule has 0 aliphatic carbocycles.